The predicted molar refractivity (Wildman–Crippen MR) is 133 cm³/mol. The summed E-state index contributed by atoms with van der Waals surface area (Å²) in [6.07, 6.45) is 6.52. The molecule has 182 valence electrons. The molecule has 1 saturated carbocycles. The van der Waals surface area contributed by atoms with E-state index < -0.39 is 28.5 Å². The van der Waals surface area contributed by atoms with Gasteiger partial charge in [0.15, 0.2) is 6.61 Å². The van der Waals surface area contributed by atoms with Crippen molar-refractivity contribution >= 4 is 50.8 Å². The quantitative estimate of drug-likeness (QED) is 0.368. The van der Waals surface area contributed by atoms with Gasteiger partial charge in [-0.1, -0.05) is 48.5 Å². The van der Waals surface area contributed by atoms with Crippen LogP contribution in [0.3, 0.4) is 0 Å². The van der Waals surface area contributed by atoms with Gasteiger partial charge in [0, 0.05) is 11.1 Å². The molecule has 0 heterocycles. The largest absolute Gasteiger partial charge is 0.452 e. The second-order valence-corrected chi connectivity index (χ2v) is 10.6. The molecule has 3 rings (SSSR count). The smallest absolute Gasteiger partial charge is 0.340 e. The highest BCUT2D eigenvalue weighted by molar-refractivity contribution is 7.92. The van der Waals surface area contributed by atoms with E-state index in [2.05, 4.69) is 11.9 Å². The lowest BCUT2D eigenvalue weighted by Gasteiger charge is -2.23. The second-order valence-electron chi connectivity index (χ2n) is 7.92. The first kappa shape index (κ1) is 26.1. The lowest BCUT2D eigenvalue weighted by atomic mass is 9.95. The summed E-state index contributed by atoms with van der Waals surface area (Å²) >= 11 is 12.1. The topological polar surface area (TPSA) is 92.8 Å². The van der Waals surface area contributed by atoms with E-state index in [0.717, 1.165) is 42.5 Å². The summed E-state index contributed by atoms with van der Waals surface area (Å²) in [7, 11) is -4.08. The third-order valence-corrected chi connectivity index (χ3v) is 7.83. The molecule has 1 aliphatic carbocycles. The van der Waals surface area contributed by atoms with Crippen LogP contribution in [0.5, 0.6) is 0 Å². The number of nitrogens with zero attached hydrogens (tertiary/aromatic N) is 1. The van der Waals surface area contributed by atoms with Crippen molar-refractivity contribution in [2.75, 3.05) is 17.5 Å². The van der Waals surface area contributed by atoms with Crippen molar-refractivity contribution in [1.29, 1.82) is 0 Å². The van der Waals surface area contributed by atoms with Crippen LogP contribution in [-0.4, -0.2) is 39.5 Å². The van der Waals surface area contributed by atoms with Gasteiger partial charge in [0.25, 0.3) is 15.9 Å². The zero-order valence-electron chi connectivity index (χ0n) is 18.5. The molecule has 0 unspecified atom stereocenters. The van der Waals surface area contributed by atoms with Crippen LogP contribution in [0.2, 0.25) is 10.0 Å². The van der Waals surface area contributed by atoms with Crippen molar-refractivity contribution in [3.63, 3.8) is 0 Å². The Morgan fingerprint density at radius 1 is 1.09 bits per heavy atom. The molecule has 0 aromatic heterocycles. The van der Waals surface area contributed by atoms with Crippen molar-refractivity contribution in [3.05, 3.63) is 70.7 Å². The van der Waals surface area contributed by atoms with Crippen molar-refractivity contribution < 1.29 is 22.7 Å². The summed E-state index contributed by atoms with van der Waals surface area (Å²) in [5, 5.41) is 3.33. The number of nitrogens with one attached hydrogen (secondary N) is 1. The molecule has 0 aliphatic heterocycles. The minimum atomic E-state index is -4.08. The fourth-order valence-corrected chi connectivity index (χ4v) is 5.52. The van der Waals surface area contributed by atoms with Crippen LogP contribution < -0.4 is 9.62 Å². The summed E-state index contributed by atoms with van der Waals surface area (Å²) < 4.78 is 33.0. The molecule has 10 heteroatoms. The molecular formula is C24H26Cl2N2O5S. The van der Waals surface area contributed by atoms with E-state index in [-0.39, 0.29) is 28.1 Å². The molecule has 1 fully saturated rings. The number of halogens is 2. The number of benzene rings is 2. The predicted octanol–water partition coefficient (Wildman–Crippen LogP) is 4.98. The van der Waals surface area contributed by atoms with Gasteiger partial charge in [-0.25, -0.2) is 13.2 Å². The molecule has 0 spiro atoms. The molecule has 2 aromatic carbocycles. The maximum Gasteiger partial charge on any atom is 0.340 e. The van der Waals surface area contributed by atoms with Gasteiger partial charge >= 0.3 is 5.97 Å². The van der Waals surface area contributed by atoms with Gasteiger partial charge in [0.05, 0.1) is 27.7 Å². The normalized spacial score (nSPS) is 14.3. The Morgan fingerprint density at radius 2 is 1.76 bits per heavy atom. The maximum absolute atomic E-state index is 13.4. The molecule has 1 amide bonds. The highest BCUT2D eigenvalue weighted by Gasteiger charge is 2.27. The number of ether oxygens (including phenoxy) is 1. The molecule has 0 bridgehead atoms. The maximum atomic E-state index is 13.4. The van der Waals surface area contributed by atoms with Crippen LogP contribution in [0.25, 0.3) is 0 Å². The molecule has 1 aliphatic rings. The van der Waals surface area contributed by atoms with Gasteiger partial charge in [0.1, 0.15) is 0 Å². The zero-order valence-corrected chi connectivity index (χ0v) is 20.8. The van der Waals surface area contributed by atoms with Crippen LogP contribution in [0.4, 0.5) is 5.69 Å². The van der Waals surface area contributed by atoms with Gasteiger partial charge in [-0.15, -0.1) is 6.58 Å². The third kappa shape index (κ3) is 6.52. The van der Waals surface area contributed by atoms with E-state index in [1.54, 1.807) is 24.3 Å². The Morgan fingerprint density at radius 3 is 2.41 bits per heavy atom. The fourth-order valence-electron chi connectivity index (χ4n) is 3.74. The van der Waals surface area contributed by atoms with E-state index in [0.29, 0.717) is 10.7 Å². The molecule has 0 atom stereocenters. The molecule has 34 heavy (non-hydrogen) atoms. The first-order chi connectivity index (χ1) is 16.2. The van der Waals surface area contributed by atoms with Gasteiger partial charge in [-0.05, 0) is 55.3 Å². The first-order valence-corrected chi connectivity index (χ1v) is 13.1. The monoisotopic (exact) mass is 524 g/mol. The minimum Gasteiger partial charge on any atom is -0.452 e. The number of carbonyl (C=O) groups is 2. The Balaban J connectivity index is 1.76. The van der Waals surface area contributed by atoms with Gasteiger partial charge in [0.2, 0.25) is 0 Å². The number of hydrogen-bond donors (Lipinski definition) is 1. The Bertz CT molecular complexity index is 1150. The van der Waals surface area contributed by atoms with Gasteiger partial charge < -0.3 is 10.1 Å². The van der Waals surface area contributed by atoms with Crippen molar-refractivity contribution in [1.82, 2.24) is 5.32 Å². The molecule has 1 N–H and O–H groups in total. The van der Waals surface area contributed by atoms with Crippen molar-refractivity contribution in [2.45, 2.75) is 43.0 Å². The zero-order chi connectivity index (χ0) is 24.7. The first-order valence-electron chi connectivity index (χ1n) is 10.9. The number of carbonyl (C=O) groups excluding carboxylic acids is 2. The average molecular weight is 525 g/mol. The number of sulfonamides is 1. The summed E-state index contributed by atoms with van der Waals surface area (Å²) in [6.45, 7) is 3.15. The number of rotatable bonds is 9. The lowest BCUT2D eigenvalue weighted by Crippen LogP contribution is -2.38. The van der Waals surface area contributed by atoms with Crippen LogP contribution in [0.15, 0.2) is 60.0 Å². The number of esters is 1. The van der Waals surface area contributed by atoms with Crippen LogP contribution >= 0.6 is 23.2 Å². The number of anilines is 1. The van der Waals surface area contributed by atoms with E-state index in [4.69, 9.17) is 27.9 Å². The average Bonchev–Trinajstić information content (AvgIpc) is 2.82. The molecular weight excluding hydrogens is 499 g/mol. The highest BCUT2D eigenvalue weighted by Crippen LogP contribution is 2.28. The van der Waals surface area contributed by atoms with Crippen molar-refractivity contribution in [2.24, 2.45) is 0 Å². The summed E-state index contributed by atoms with van der Waals surface area (Å²) in [5.41, 5.74) is 0.227. The standard InChI is InChI=1S/C24H26Cl2N2O5S/c1-2-14-28(19-10-8-17(25)9-11-19)34(31,32)20-12-13-22(26)21(15-20)24(30)33-16-23(29)27-18-6-4-3-5-7-18/h2,8-13,15,18H,1,3-7,14,16H2,(H,27,29). The Hall–Kier alpha value is -2.55. The van der Waals surface area contributed by atoms with E-state index >= 15 is 0 Å². The molecule has 2 aromatic rings. The summed E-state index contributed by atoms with van der Waals surface area (Å²) in [6, 6.07) is 10.1. The van der Waals surface area contributed by atoms with Crippen LogP contribution in [0.1, 0.15) is 42.5 Å². The van der Waals surface area contributed by atoms with Crippen molar-refractivity contribution in [3.8, 4) is 0 Å². The highest BCUT2D eigenvalue weighted by atomic mass is 35.5. The van der Waals surface area contributed by atoms with Crippen LogP contribution in [-0.2, 0) is 19.6 Å². The summed E-state index contributed by atoms with van der Waals surface area (Å²) in [5.74, 6) is -1.29. The number of hydrogen-bond acceptors (Lipinski definition) is 5. The molecule has 7 nitrogen and oxygen atoms in total. The number of amides is 1. The SMILES string of the molecule is C=CCN(c1ccc(Cl)cc1)S(=O)(=O)c1ccc(Cl)c(C(=O)OCC(=O)NC2CCCCC2)c1. The Labute approximate surface area is 209 Å². The van der Waals surface area contributed by atoms with E-state index in [1.165, 1.54) is 18.2 Å². The minimum absolute atomic E-state index is 0.00624. The lowest BCUT2D eigenvalue weighted by molar-refractivity contribution is -0.125. The third-order valence-electron chi connectivity index (χ3n) is 5.46. The van der Waals surface area contributed by atoms with Crippen LogP contribution in [0, 0.1) is 0 Å². The van der Waals surface area contributed by atoms with E-state index in [9.17, 15) is 18.0 Å². The summed E-state index contributed by atoms with van der Waals surface area (Å²) in [4.78, 5) is 24.6. The van der Waals surface area contributed by atoms with E-state index in [1.807, 2.05) is 0 Å². The van der Waals surface area contributed by atoms with Gasteiger partial charge in [-0.3, -0.25) is 9.10 Å². The Kier molecular flexibility index (Phi) is 8.99. The fraction of sp³-hybridized carbons (Fsp3) is 0.333. The molecule has 0 saturated heterocycles. The molecule has 0 radical (unpaired) electrons. The second kappa shape index (κ2) is 11.7. The van der Waals surface area contributed by atoms with Gasteiger partial charge in [-0.2, -0.15) is 0 Å².